The summed E-state index contributed by atoms with van der Waals surface area (Å²) >= 11 is 0. The zero-order valence-electron chi connectivity index (χ0n) is 9.01. The van der Waals surface area contributed by atoms with E-state index in [2.05, 4.69) is 19.2 Å². The van der Waals surface area contributed by atoms with Gasteiger partial charge < -0.3 is 10.1 Å². The van der Waals surface area contributed by atoms with Crippen LogP contribution < -0.4 is 5.32 Å². The van der Waals surface area contributed by atoms with Crippen molar-refractivity contribution in [2.45, 2.75) is 33.1 Å². The summed E-state index contributed by atoms with van der Waals surface area (Å²) in [5.74, 6) is 1.55. The van der Waals surface area contributed by atoms with Crippen LogP contribution in [0.3, 0.4) is 0 Å². The standard InChI is InChI=1S/C11H23NO/c1-3-10(4-2)8-13-9-11-5-6-12-7-11/h10-12H,3-9H2,1-2H3. The fourth-order valence-corrected chi connectivity index (χ4v) is 1.78. The molecule has 78 valence electrons. The SMILES string of the molecule is CCC(CC)COCC1CCNC1. The van der Waals surface area contributed by atoms with E-state index in [1.807, 2.05) is 0 Å². The molecular formula is C11H23NO. The molecule has 1 unspecified atom stereocenters. The Bertz CT molecular complexity index is 115. The van der Waals surface area contributed by atoms with Crippen LogP contribution in [0.1, 0.15) is 33.1 Å². The quantitative estimate of drug-likeness (QED) is 0.684. The first-order valence-corrected chi connectivity index (χ1v) is 5.65. The lowest BCUT2D eigenvalue weighted by Gasteiger charge is -2.14. The normalized spacial score (nSPS) is 22.8. The van der Waals surface area contributed by atoms with Gasteiger partial charge in [0.1, 0.15) is 0 Å². The number of hydrogen-bond acceptors (Lipinski definition) is 2. The largest absolute Gasteiger partial charge is 0.381 e. The van der Waals surface area contributed by atoms with Crippen LogP contribution in [0, 0.1) is 11.8 Å². The Kier molecular flexibility index (Phi) is 5.40. The summed E-state index contributed by atoms with van der Waals surface area (Å²) in [5.41, 5.74) is 0. The van der Waals surface area contributed by atoms with E-state index in [9.17, 15) is 0 Å². The van der Waals surface area contributed by atoms with E-state index >= 15 is 0 Å². The number of hydrogen-bond donors (Lipinski definition) is 1. The van der Waals surface area contributed by atoms with Gasteiger partial charge in [-0.05, 0) is 24.8 Å². The van der Waals surface area contributed by atoms with Crippen molar-refractivity contribution in [1.29, 1.82) is 0 Å². The first kappa shape index (κ1) is 11.0. The van der Waals surface area contributed by atoms with Gasteiger partial charge in [0.05, 0.1) is 6.61 Å². The highest BCUT2D eigenvalue weighted by Gasteiger charge is 2.14. The molecule has 1 heterocycles. The van der Waals surface area contributed by atoms with Gasteiger partial charge in [0.2, 0.25) is 0 Å². The molecule has 1 rings (SSSR count). The highest BCUT2D eigenvalue weighted by atomic mass is 16.5. The van der Waals surface area contributed by atoms with Crippen molar-refractivity contribution in [1.82, 2.24) is 5.32 Å². The Hall–Kier alpha value is -0.0800. The molecule has 0 aromatic carbocycles. The Morgan fingerprint density at radius 3 is 2.69 bits per heavy atom. The maximum atomic E-state index is 5.72. The minimum absolute atomic E-state index is 0.773. The fourth-order valence-electron chi connectivity index (χ4n) is 1.78. The third kappa shape index (κ3) is 4.10. The van der Waals surface area contributed by atoms with Crippen LogP contribution in [0.2, 0.25) is 0 Å². The molecular weight excluding hydrogens is 162 g/mol. The molecule has 2 heteroatoms. The molecule has 0 aromatic heterocycles. The van der Waals surface area contributed by atoms with Gasteiger partial charge in [-0.1, -0.05) is 26.7 Å². The van der Waals surface area contributed by atoms with Gasteiger partial charge in [0.15, 0.2) is 0 Å². The fraction of sp³-hybridized carbons (Fsp3) is 1.00. The molecule has 2 nitrogen and oxygen atoms in total. The summed E-state index contributed by atoms with van der Waals surface area (Å²) < 4.78 is 5.72. The van der Waals surface area contributed by atoms with Gasteiger partial charge in [0, 0.05) is 13.2 Å². The molecule has 1 fully saturated rings. The van der Waals surface area contributed by atoms with E-state index in [1.54, 1.807) is 0 Å². The summed E-state index contributed by atoms with van der Waals surface area (Å²) in [4.78, 5) is 0. The molecule has 0 bridgehead atoms. The number of rotatable bonds is 6. The van der Waals surface area contributed by atoms with Crippen molar-refractivity contribution < 1.29 is 4.74 Å². The van der Waals surface area contributed by atoms with Gasteiger partial charge in [-0.3, -0.25) is 0 Å². The first-order valence-electron chi connectivity index (χ1n) is 5.65. The summed E-state index contributed by atoms with van der Waals surface area (Å²) in [6.07, 6.45) is 3.79. The van der Waals surface area contributed by atoms with Crippen molar-refractivity contribution in [3.05, 3.63) is 0 Å². The van der Waals surface area contributed by atoms with Crippen molar-refractivity contribution in [2.75, 3.05) is 26.3 Å². The predicted octanol–water partition coefficient (Wildman–Crippen LogP) is 2.05. The first-order chi connectivity index (χ1) is 6.36. The maximum absolute atomic E-state index is 5.72. The zero-order valence-corrected chi connectivity index (χ0v) is 9.01. The van der Waals surface area contributed by atoms with Crippen molar-refractivity contribution in [2.24, 2.45) is 11.8 Å². The minimum atomic E-state index is 0.773. The monoisotopic (exact) mass is 185 g/mol. The van der Waals surface area contributed by atoms with Crippen LogP contribution in [0.25, 0.3) is 0 Å². The lowest BCUT2D eigenvalue weighted by Crippen LogP contribution is -2.16. The average Bonchev–Trinajstić information content (AvgIpc) is 2.65. The molecule has 1 atom stereocenters. The second-order valence-corrected chi connectivity index (χ2v) is 4.08. The third-order valence-electron chi connectivity index (χ3n) is 3.02. The van der Waals surface area contributed by atoms with Gasteiger partial charge in [-0.2, -0.15) is 0 Å². The van der Waals surface area contributed by atoms with Gasteiger partial charge >= 0.3 is 0 Å². The molecule has 0 aromatic rings. The molecule has 0 amide bonds. The third-order valence-corrected chi connectivity index (χ3v) is 3.02. The molecule has 1 aliphatic heterocycles. The maximum Gasteiger partial charge on any atom is 0.0507 e. The van der Waals surface area contributed by atoms with E-state index in [1.165, 1.54) is 25.8 Å². The van der Waals surface area contributed by atoms with Crippen LogP contribution in [-0.2, 0) is 4.74 Å². The Labute approximate surface area is 82.0 Å². The van der Waals surface area contributed by atoms with Gasteiger partial charge in [0.25, 0.3) is 0 Å². The molecule has 0 saturated carbocycles. The minimum Gasteiger partial charge on any atom is -0.381 e. The molecule has 1 N–H and O–H groups in total. The van der Waals surface area contributed by atoms with Crippen molar-refractivity contribution in [3.8, 4) is 0 Å². The number of ether oxygens (including phenoxy) is 1. The Balaban J connectivity index is 1.98. The Morgan fingerprint density at radius 1 is 1.38 bits per heavy atom. The summed E-state index contributed by atoms with van der Waals surface area (Å²) in [5, 5.41) is 3.36. The Morgan fingerprint density at radius 2 is 2.15 bits per heavy atom. The smallest absolute Gasteiger partial charge is 0.0507 e. The lowest BCUT2D eigenvalue weighted by molar-refractivity contribution is 0.0734. The van der Waals surface area contributed by atoms with E-state index in [0.717, 1.165) is 31.6 Å². The summed E-state index contributed by atoms with van der Waals surface area (Å²) in [7, 11) is 0. The topological polar surface area (TPSA) is 21.3 Å². The molecule has 13 heavy (non-hydrogen) atoms. The number of nitrogens with one attached hydrogen (secondary N) is 1. The molecule has 1 aliphatic rings. The summed E-state index contributed by atoms with van der Waals surface area (Å²) in [6.45, 7) is 8.75. The highest BCUT2D eigenvalue weighted by Crippen LogP contribution is 2.11. The highest BCUT2D eigenvalue weighted by molar-refractivity contribution is 4.70. The van der Waals surface area contributed by atoms with Crippen molar-refractivity contribution >= 4 is 0 Å². The second kappa shape index (κ2) is 6.39. The van der Waals surface area contributed by atoms with Gasteiger partial charge in [-0.15, -0.1) is 0 Å². The van der Waals surface area contributed by atoms with Crippen LogP contribution in [0.4, 0.5) is 0 Å². The van der Waals surface area contributed by atoms with E-state index in [0.29, 0.717) is 0 Å². The van der Waals surface area contributed by atoms with Crippen LogP contribution in [0.15, 0.2) is 0 Å². The summed E-state index contributed by atoms with van der Waals surface area (Å²) in [6, 6.07) is 0. The van der Waals surface area contributed by atoms with Crippen LogP contribution in [-0.4, -0.2) is 26.3 Å². The van der Waals surface area contributed by atoms with Gasteiger partial charge in [-0.25, -0.2) is 0 Å². The zero-order chi connectivity index (χ0) is 9.52. The van der Waals surface area contributed by atoms with Crippen LogP contribution >= 0.6 is 0 Å². The lowest BCUT2D eigenvalue weighted by atomic mass is 10.1. The van der Waals surface area contributed by atoms with E-state index < -0.39 is 0 Å². The average molecular weight is 185 g/mol. The molecule has 0 aliphatic carbocycles. The van der Waals surface area contributed by atoms with Crippen molar-refractivity contribution in [3.63, 3.8) is 0 Å². The molecule has 1 saturated heterocycles. The van der Waals surface area contributed by atoms with E-state index in [-0.39, 0.29) is 0 Å². The second-order valence-electron chi connectivity index (χ2n) is 4.08. The predicted molar refractivity (Wildman–Crippen MR) is 55.9 cm³/mol. The van der Waals surface area contributed by atoms with E-state index in [4.69, 9.17) is 4.74 Å². The van der Waals surface area contributed by atoms with Crippen LogP contribution in [0.5, 0.6) is 0 Å². The molecule has 0 radical (unpaired) electrons. The molecule has 0 spiro atoms.